The quantitative estimate of drug-likeness (QED) is 0.545. The molecular weight excluding hydrogens is 144 g/mol. The average molecular weight is 160 g/mol. The second-order valence-corrected chi connectivity index (χ2v) is 2.42. The highest BCUT2D eigenvalue weighted by atomic mass is 16.3. The van der Waals surface area contributed by atoms with Crippen molar-refractivity contribution in [3.05, 3.63) is 0 Å². The van der Waals surface area contributed by atoms with Crippen molar-refractivity contribution in [1.29, 1.82) is 0 Å². The summed E-state index contributed by atoms with van der Waals surface area (Å²) in [4.78, 5) is 10.7. The van der Waals surface area contributed by atoms with E-state index in [1.807, 2.05) is 6.92 Å². The number of amides is 2. The Bertz CT molecular complexity index is 115. The van der Waals surface area contributed by atoms with E-state index in [9.17, 15) is 4.79 Å². The van der Waals surface area contributed by atoms with Gasteiger partial charge in [-0.05, 0) is 20.3 Å². The Hall–Kier alpha value is -0.770. The van der Waals surface area contributed by atoms with Gasteiger partial charge in [-0.25, -0.2) is 4.79 Å². The molecule has 0 rings (SSSR count). The summed E-state index contributed by atoms with van der Waals surface area (Å²) >= 11 is 0. The van der Waals surface area contributed by atoms with Gasteiger partial charge in [0.1, 0.15) is 0 Å². The van der Waals surface area contributed by atoms with Crippen LogP contribution in [0.25, 0.3) is 0 Å². The maximum atomic E-state index is 10.7. The third-order valence-corrected chi connectivity index (χ3v) is 1.19. The molecule has 1 unspecified atom stereocenters. The lowest BCUT2D eigenvalue weighted by atomic mass is 10.3. The van der Waals surface area contributed by atoms with E-state index >= 15 is 0 Å². The van der Waals surface area contributed by atoms with Crippen LogP contribution >= 0.6 is 0 Å². The monoisotopic (exact) mass is 160 g/mol. The lowest BCUT2D eigenvalue weighted by Gasteiger charge is -2.06. The van der Waals surface area contributed by atoms with Gasteiger partial charge in [-0.2, -0.15) is 0 Å². The molecule has 0 aliphatic heterocycles. The van der Waals surface area contributed by atoms with E-state index in [1.54, 1.807) is 6.92 Å². The van der Waals surface area contributed by atoms with Crippen molar-refractivity contribution in [3.63, 3.8) is 0 Å². The van der Waals surface area contributed by atoms with Crippen LogP contribution < -0.4 is 10.6 Å². The normalized spacial score (nSPS) is 12.3. The zero-order chi connectivity index (χ0) is 8.69. The molecule has 0 aliphatic rings. The van der Waals surface area contributed by atoms with Gasteiger partial charge in [-0.3, -0.25) is 0 Å². The molecule has 0 heterocycles. The Labute approximate surface area is 67.0 Å². The van der Waals surface area contributed by atoms with Crippen molar-refractivity contribution in [2.45, 2.75) is 26.4 Å². The zero-order valence-electron chi connectivity index (χ0n) is 7.05. The van der Waals surface area contributed by atoms with Crippen molar-refractivity contribution >= 4 is 6.03 Å². The molecule has 4 heteroatoms. The van der Waals surface area contributed by atoms with Crippen LogP contribution in [0.15, 0.2) is 0 Å². The molecule has 0 bridgehead atoms. The first kappa shape index (κ1) is 10.2. The first-order valence-electron chi connectivity index (χ1n) is 3.86. The number of aliphatic hydroxyl groups is 1. The van der Waals surface area contributed by atoms with Gasteiger partial charge in [0.2, 0.25) is 0 Å². The Morgan fingerprint density at radius 2 is 2.18 bits per heavy atom. The van der Waals surface area contributed by atoms with Crippen LogP contribution in [0.4, 0.5) is 4.79 Å². The standard InChI is InChI=1S/C7H16N2O2/c1-3-8-7(11)9-5-4-6(2)10/h6,10H,3-5H2,1-2H3,(H2,8,9,11). The molecule has 0 spiro atoms. The Morgan fingerprint density at radius 3 is 2.64 bits per heavy atom. The van der Waals surface area contributed by atoms with Crippen LogP contribution in [0.5, 0.6) is 0 Å². The molecule has 0 aromatic carbocycles. The van der Waals surface area contributed by atoms with Crippen molar-refractivity contribution in [2.24, 2.45) is 0 Å². The fourth-order valence-corrected chi connectivity index (χ4v) is 0.618. The summed E-state index contributed by atoms with van der Waals surface area (Å²) in [5.41, 5.74) is 0. The van der Waals surface area contributed by atoms with Crippen LogP contribution in [0.2, 0.25) is 0 Å². The Kier molecular flexibility index (Phi) is 5.56. The van der Waals surface area contributed by atoms with E-state index < -0.39 is 0 Å². The summed E-state index contributed by atoms with van der Waals surface area (Å²) in [6, 6.07) is -0.173. The van der Waals surface area contributed by atoms with Gasteiger partial charge in [0, 0.05) is 13.1 Å². The highest BCUT2D eigenvalue weighted by Crippen LogP contribution is 1.85. The number of hydrogen-bond donors (Lipinski definition) is 3. The molecule has 0 fully saturated rings. The number of nitrogens with one attached hydrogen (secondary N) is 2. The van der Waals surface area contributed by atoms with Crippen molar-refractivity contribution in [2.75, 3.05) is 13.1 Å². The molecule has 3 N–H and O–H groups in total. The predicted octanol–water partition coefficient (Wildman–Crippen LogP) is 0.0764. The minimum Gasteiger partial charge on any atom is -0.393 e. The number of aliphatic hydroxyl groups excluding tert-OH is 1. The van der Waals surface area contributed by atoms with Gasteiger partial charge in [0.15, 0.2) is 0 Å². The topological polar surface area (TPSA) is 61.4 Å². The maximum absolute atomic E-state index is 10.7. The number of urea groups is 1. The van der Waals surface area contributed by atoms with E-state index in [-0.39, 0.29) is 12.1 Å². The summed E-state index contributed by atoms with van der Waals surface area (Å²) in [6.45, 7) is 4.69. The van der Waals surface area contributed by atoms with Gasteiger partial charge < -0.3 is 15.7 Å². The van der Waals surface area contributed by atoms with Crippen molar-refractivity contribution in [3.8, 4) is 0 Å². The first-order valence-corrected chi connectivity index (χ1v) is 3.86. The summed E-state index contributed by atoms with van der Waals surface area (Å²) in [5, 5.41) is 14.0. The molecule has 11 heavy (non-hydrogen) atoms. The SMILES string of the molecule is CCNC(=O)NCCC(C)O. The molecule has 0 saturated carbocycles. The van der Waals surface area contributed by atoms with Crippen molar-refractivity contribution in [1.82, 2.24) is 10.6 Å². The second-order valence-electron chi connectivity index (χ2n) is 2.42. The van der Waals surface area contributed by atoms with Crippen LogP contribution in [0.1, 0.15) is 20.3 Å². The van der Waals surface area contributed by atoms with Crippen LogP contribution in [-0.2, 0) is 0 Å². The van der Waals surface area contributed by atoms with E-state index in [0.717, 1.165) is 0 Å². The molecule has 0 aromatic heterocycles. The smallest absolute Gasteiger partial charge is 0.314 e. The fourth-order valence-electron chi connectivity index (χ4n) is 0.618. The van der Waals surface area contributed by atoms with E-state index in [2.05, 4.69) is 10.6 Å². The van der Waals surface area contributed by atoms with Gasteiger partial charge in [0.25, 0.3) is 0 Å². The summed E-state index contributed by atoms with van der Waals surface area (Å²) < 4.78 is 0. The summed E-state index contributed by atoms with van der Waals surface area (Å²) in [5.74, 6) is 0. The summed E-state index contributed by atoms with van der Waals surface area (Å²) in [6.07, 6.45) is 0.244. The molecule has 0 aliphatic carbocycles. The number of carbonyl (C=O) groups is 1. The highest BCUT2D eigenvalue weighted by molar-refractivity contribution is 5.73. The van der Waals surface area contributed by atoms with Crippen LogP contribution in [-0.4, -0.2) is 30.3 Å². The second kappa shape index (κ2) is 5.97. The number of hydrogen-bond acceptors (Lipinski definition) is 2. The molecule has 0 radical (unpaired) electrons. The molecule has 4 nitrogen and oxygen atoms in total. The third kappa shape index (κ3) is 7.12. The average Bonchev–Trinajstić information content (AvgIpc) is 1.87. The third-order valence-electron chi connectivity index (χ3n) is 1.19. The minimum atomic E-state index is -0.350. The molecular formula is C7H16N2O2. The lowest BCUT2D eigenvalue weighted by Crippen LogP contribution is -2.36. The van der Waals surface area contributed by atoms with E-state index in [4.69, 9.17) is 5.11 Å². The number of rotatable bonds is 4. The van der Waals surface area contributed by atoms with Crippen LogP contribution in [0.3, 0.4) is 0 Å². The van der Waals surface area contributed by atoms with Gasteiger partial charge in [-0.15, -0.1) is 0 Å². The molecule has 66 valence electrons. The fraction of sp³-hybridized carbons (Fsp3) is 0.857. The van der Waals surface area contributed by atoms with E-state index in [1.165, 1.54) is 0 Å². The minimum absolute atomic E-state index is 0.173. The maximum Gasteiger partial charge on any atom is 0.314 e. The Balaban J connectivity index is 3.17. The summed E-state index contributed by atoms with van der Waals surface area (Å²) in [7, 11) is 0. The highest BCUT2D eigenvalue weighted by Gasteiger charge is 1.98. The molecule has 1 atom stereocenters. The number of carbonyl (C=O) groups excluding carboxylic acids is 1. The zero-order valence-corrected chi connectivity index (χ0v) is 7.05. The van der Waals surface area contributed by atoms with E-state index in [0.29, 0.717) is 19.5 Å². The molecule has 0 saturated heterocycles. The van der Waals surface area contributed by atoms with Crippen LogP contribution in [0, 0.1) is 0 Å². The van der Waals surface area contributed by atoms with Crippen molar-refractivity contribution < 1.29 is 9.90 Å². The largest absolute Gasteiger partial charge is 0.393 e. The first-order chi connectivity index (χ1) is 5.16. The van der Waals surface area contributed by atoms with Gasteiger partial charge >= 0.3 is 6.03 Å². The van der Waals surface area contributed by atoms with Gasteiger partial charge in [-0.1, -0.05) is 0 Å². The molecule has 0 aromatic rings. The van der Waals surface area contributed by atoms with Gasteiger partial charge in [0.05, 0.1) is 6.10 Å². The molecule has 2 amide bonds. The lowest BCUT2D eigenvalue weighted by molar-refractivity contribution is 0.183. The Morgan fingerprint density at radius 1 is 1.55 bits per heavy atom. The predicted molar refractivity (Wildman–Crippen MR) is 43.4 cm³/mol.